The third-order valence-corrected chi connectivity index (χ3v) is 7.38. The zero-order valence-electron chi connectivity index (χ0n) is 17.4. The number of thiocarbonyl (C=S) groups is 1. The molecule has 3 heterocycles. The van der Waals surface area contributed by atoms with Crippen LogP contribution in [-0.2, 0) is 11.3 Å². The van der Waals surface area contributed by atoms with Crippen LogP contribution in [0.5, 0.6) is 0 Å². The second kappa shape index (κ2) is 10.2. The van der Waals surface area contributed by atoms with Crippen LogP contribution in [0, 0.1) is 0 Å². The van der Waals surface area contributed by atoms with Crippen molar-refractivity contribution in [3.05, 3.63) is 68.3 Å². The molecule has 6 nitrogen and oxygen atoms in total. The lowest BCUT2D eigenvalue weighted by Crippen LogP contribution is -2.40. The molecular weight excluding hydrogens is 487 g/mol. The predicted molar refractivity (Wildman–Crippen MR) is 133 cm³/mol. The highest BCUT2D eigenvalue weighted by Crippen LogP contribution is 2.30. The second-order valence-electron chi connectivity index (χ2n) is 7.50. The number of nitrogens with one attached hydrogen (secondary N) is 1. The van der Waals surface area contributed by atoms with E-state index in [1.807, 2.05) is 36.0 Å². The van der Waals surface area contributed by atoms with E-state index < -0.39 is 0 Å². The van der Waals surface area contributed by atoms with Crippen molar-refractivity contribution < 1.29 is 9.53 Å². The van der Waals surface area contributed by atoms with Crippen LogP contribution in [0.15, 0.2) is 42.0 Å². The van der Waals surface area contributed by atoms with E-state index >= 15 is 0 Å². The van der Waals surface area contributed by atoms with E-state index in [0.717, 1.165) is 37.3 Å². The summed E-state index contributed by atoms with van der Waals surface area (Å²) in [4.78, 5) is 19.2. The molecule has 0 spiro atoms. The van der Waals surface area contributed by atoms with E-state index in [2.05, 4.69) is 19.8 Å². The Morgan fingerprint density at radius 2 is 2.09 bits per heavy atom. The molecular formula is C22H22Cl2N4O2S2. The standard InChI is InChI=1S/C22H22Cl2N4O2S2/c1-30-21(29)19-18(6-11-32-19)26-22(31)27-8-4-14(5-9-27)20-25-7-10-28(20)13-15-12-16(23)2-3-17(15)24/h2-3,6-7,10-12,14H,4-5,8-9,13H2,1H3,(H,26,31). The Morgan fingerprint density at radius 3 is 2.84 bits per heavy atom. The van der Waals surface area contributed by atoms with Crippen LogP contribution in [0.25, 0.3) is 0 Å². The average Bonchev–Trinajstić information content (AvgIpc) is 3.45. The molecule has 1 N–H and O–H groups in total. The normalized spacial score (nSPS) is 14.4. The molecule has 0 bridgehead atoms. The van der Waals surface area contributed by atoms with Gasteiger partial charge in [-0.2, -0.15) is 0 Å². The molecule has 1 aliphatic heterocycles. The van der Waals surface area contributed by atoms with E-state index in [9.17, 15) is 4.79 Å². The van der Waals surface area contributed by atoms with Gasteiger partial charge in [-0.3, -0.25) is 0 Å². The lowest BCUT2D eigenvalue weighted by atomic mass is 9.96. The van der Waals surface area contributed by atoms with Crippen LogP contribution < -0.4 is 5.32 Å². The third kappa shape index (κ3) is 5.09. The smallest absolute Gasteiger partial charge is 0.350 e. The number of esters is 1. The summed E-state index contributed by atoms with van der Waals surface area (Å²) in [6.45, 7) is 2.24. The molecule has 0 aliphatic carbocycles. The van der Waals surface area contributed by atoms with Crippen LogP contribution in [0.1, 0.15) is 39.8 Å². The lowest BCUT2D eigenvalue weighted by molar-refractivity contribution is 0.0607. The second-order valence-corrected chi connectivity index (χ2v) is 9.64. The van der Waals surface area contributed by atoms with Gasteiger partial charge in [0.25, 0.3) is 0 Å². The highest BCUT2D eigenvalue weighted by Gasteiger charge is 2.26. The van der Waals surface area contributed by atoms with Crippen molar-refractivity contribution >= 4 is 63.5 Å². The molecule has 1 saturated heterocycles. The van der Waals surface area contributed by atoms with Gasteiger partial charge in [-0.15, -0.1) is 11.3 Å². The number of carbonyl (C=O) groups excluding carboxylic acids is 1. The van der Waals surface area contributed by atoms with E-state index in [1.54, 1.807) is 6.07 Å². The van der Waals surface area contributed by atoms with Gasteiger partial charge in [0.1, 0.15) is 10.7 Å². The number of nitrogens with zero attached hydrogens (tertiary/aromatic N) is 3. The molecule has 0 amide bonds. The fourth-order valence-electron chi connectivity index (χ4n) is 3.86. The van der Waals surface area contributed by atoms with Gasteiger partial charge in [0.2, 0.25) is 0 Å². The molecule has 1 fully saturated rings. The number of halogens is 2. The van der Waals surface area contributed by atoms with Gasteiger partial charge in [0.15, 0.2) is 5.11 Å². The summed E-state index contributed by atoms with van der Waals surface area (Å²) in [6, 6.07) is 7.35. The number of imidazole rings is 1. The molecule has 32 heavy (non-hydrogen) atoms. The monoisotopic (exact) mass is 508 g/mol. The van der Waals surface area contributed by atoms with Crippen LogP contribution in [0.4, 0.5) is 5.69 Å². The van der Waals surface area contributed by atoms with Crippen molar-refractivity contribution in [1.29, 1.82) is 0 Å². The highest BCUT2D eigenvalue weighted by atomic mass is 35.5. The minimum absolute atomic E-state index is 0.328. The van der Waals surface area contributed by atoms with Crippen LogP contribution in [0.3, 0.4) is 0 Å². The number of hydrogen-bond acceptors (Lipinski definition) is 5. The van der Waals surface area contributed by atoms with Crippen LogP contribution in [0.2, 0.25) is 10.0 Å². The molecule has 4 rings (SSSR count). The van der Waals surface area contributed by atoms with Crippen LogP contribution >= 0.6 is 46.8 Å². The van der Waals surface area contributed by atoms with Crippen molar-refractivity contribution in [2.75, 3.05) is 25.5 Å². The summed E-state index contributed by atoms with van der Waals surface area (Å²) in [5.74, 6) is 1.01. The zero-order valence-corrected chi connectivity index (χ0v) is 20.5. The fraction of sp³-hybridized carbons (Fsp3) is 0.318. The van der Waals surface area contributed by atoms with E-state index in [-0.39, 0.29) is 5.97 Å². The number of likely N-dealkylation sites (tertiary alicyclic amines) is 1. The minimum Gasteiger partial charge on any atom is -0.465 e. The number of anilines is 1. The van der Waals surface area contributed by atoms with Crippen molar-refractivity contribution in [2.24, 2.45) is 0 Å². The molecule has 0 saturated carbocycles. The largest absolute Gasteiger partial charge is 0.465 e. The summed E-state index contributed by atoms with van der Waals surface area (Å²) in [6.07, 6.45) is 5.67. The van der Waals surface area contributed by atoms with Gasteiger partial charge >= 0.3 is 5.97 Å². The Labute approximate surface area is 206 Å². The number of aromatic nitrogens is 2. The molecule has 2 aromatic heterocycles. The van der Waals surface area contributed by atoms with Crippen molar-refractivity contribution in [2.45, 2.75) is 25.3 Å². The average molecular weight is 509 g/mol. The molecule has 3 aromatic rings. The van der Waals surface area contributed by atoms with Gasteiger partial charge in [-0.25, -0.2) is 9.78 Å². The number of methoxy groups -OCH3 is 1. The third-order valence-electron chi connectivity index (χ3n) is 5.52. The van der Waals surface area contributed by atoms with Crippen molar-refractivity contribution in [1.82, 2.24) is 14.5 Å². The van der Waals surface area contributed by atoms with Gasteiger partial charge in [0, 0.05) is 41.4 Å². The van der Waals surface area contributed by atoms with Crippen molar-refractivity contribution in [3.8, 4) is 0 Å². The quantitative estimate of drug-likeness (QED) is 0.354. The first-order valence-corrected chi connectivity index (χ1v) is 12.2. The Hall–Kier alpha value is -2.13. The molecule has 0 atom stereocenters. The summed E-state index contributed by atoms with van der Waals surface area (Å²) in [5, 5.41) is 7.02. The molecule has 10 heteroatoms. The Kier molecular flexibility index (Phi) is 7.35. The van der Waals surface area contributed by atoms with E-state index in [4.69, 9.17) is 40.2 Å². The first-order chi connectivity index (χ1) is 15.5. The fourth-order valence-corrected chi connectivity index (χ4v) is 5.29. The number of carbonyl (C=O) groups is 1. The number of ether oxygens (including phenoxy) is 1. The Bertz CT molecular complexity index is 1120. The Morgan fingerprint density at radius 1 is 1.31 bits per heavy atom. The molecule has 0 radical (unpaired) electrons. The molecule has 0 unspecified atom stereocenters. The number of rotatable bonds is 5. The van der Waals surface area contributed by atoms with Gasteiger partial charge in [-0.05, 0) is 60.3 Å². The number of hydrogen-bond donors (Lipinski definition) is 1. The summed E-state index contributed by atoms with van der Waals surface area (Å²) in [5.41, 5.74) is 1.65. The topological polar surface area (TPSA) is 59.4 Å². The van der Waals surface area contributed by atoms with Crippen molar-refractivity contribution in [3.63, 3.8) is 0 Å². The molecule has 1 aromatic carbocycles. The zero-order chi connectivity index (χ0) is 22.7. The number of thiophene rings is 1. The Balaban J connectivity index is 1.38. The van der Waals surface area contributed by atoms with Crippen LogP contribution in [-0.4, -0.2) is 45.7 Å². The lowest BCUT2D eigenvalue weighted by Gasteiger charge is -2.33. The van der Waals surface area contributed by atoms with Gasteiger partial charge < -0.3 is 19.5 Å². The van der Waals surface area contributed by atoms with Gasteiger partial charge in [-0.1, -0.05) is 23.2 Å². The maximum atomic E-state index is 11.9. The maximum Gasteiger partial charge on any atom is 0.350 e. The predicted octanol–water partition coefficient (Wildman–Crippen LogP) is 5.66. The summed E-state index contributed by atoms with van der Waals surface area (Å²) < 4.78 is 6.98. The highest BCUT2D eigenvalue weighted by molar-refractivity contribution is 7.80. The minimum atomic E-state index is -0.365. The summed E-state index contributed by atoms with van der Waals surface area (Å²) >= 11 is 19.4. The van der Waals surface area contributed by atoms with E-state index in [0.29, 0.717) is 38.2 Å². The number of piperidine rings is 1. The molecule has 168 valence electrons. The first kappa shape index (κ1) is 23.0. The van der Waals surface area contributed by atoms with E-state index in [1.165, 1.54) is 18.4 Å². The van der Waals surface area contributed by atoms with Gasteiger partial charge in [0.05, 0.1) is 19.3 Å². The molecule has 1 aliphatic rings. The maximum absolute atomic E-state index is 11.9. The SMILES string of the molecule is COC(=O)c1sccc1NC(=S)N1CCC(c2nccn2Cc2cc(Cl)ccc2Cl)CC1. The number of benzene rings is 1. The summed E-state index contributed by atoms with van der Waals surface area (Å²) in [7, 11) is 1.37. The first-order valence-electron chi connectivity index (χ1n) is 10.1.